The molecule has 0 aliphatic heterocycles. The van der Waals surface area contributed by atoms with Crippen LogP contribution in [-0.4, -0.2) is 25.0 Å². The largest absolute Gasteiger partial charge is 0.357 e. The molecule has 0 aliphatic carbocycles. The van der Waals surface area contributed by atoms with E-state index in [1.165, 1.54) is 18.1 Å². The predicted octanol–water partition coefficient (Wildman–Crippen LogP) is 4.43. The molecule has 0 fully saturated rings. The molecule has 0 bridgehead atoms. The number of halogens is 1. The molecular weight excluding hydrogens is 463 g/mol. The topological polar surface area (TPSA) is 65.5 Å². The molecular formula is C22H31IN4O. The molecule has 0 spiro atoms. The van der Waals surface area contributed by atoms with Crippen molar-refractivity contribution in [3.05, 3.63) is 65.2 Å². The van der Waals surface area contributed by atoms with E-state index in [1.54, 1.807) is 0 Å². The molecule has 1 amide bonds. The summed E-state index contributed by atoms with van der Waals surface area (Å²) in [6.45, 7) is 10.0. The van der Waals surface area contributed by atoms with Crippen molar-refractivity contribution in [2.24, 2.45) is 4.99 Å². The molecule has 28 heavy (non-hydrogen) atoms. The average molecular weight is 494 g/mol. The van der Waals surface area contributed by atoms with Crippen LogP contribution < -0.4 is 16.0 Å². The fourth-order valence-corrected chi connectivity index (χ4v) is 2.81. The van der Waals surface area contributed by atoms with Crippen LogP contribution >= 0.6 is 24.0 Å². The van der Waals surface area contributed by atoms with E-state index >= 15 is 0 Å². The molecule has 3 N–H and O–H groups in total. The van der Waals surface area contributed by atoms with Crippen LogP contribution in [0.4, 0.5) is 5.69 Å². The van der Waals surface area contributed by atoms with Gasteiger partial charge in [-0.1, -0.05) is 48.9 Å². The number of nitrogens with one attached hydrogen (secondary N) is 3. The second kappa shape index (κ2) is 12.4. The molecule has 0 aliphatic rings. The minimum Gasteiger partial charge on any atom is -0.357 e. The number of nitrogens with zero attached hydrogens (tertiary/aromatic N) is 1. The van der Waals surface area contributed by atoms with Gasteiger partial charge in [-0.05, 0) is 43.0 Å². The summed E-state index contributed by atoms with van der Waals surface area (Å²) in [5.74, 6) is 1.11. The average Bonchev–Trinajstić information content (AvgIpc) is 2.63. The Kier molecular flexibility index (Phi) is 10.6. The third-order valence-corrected chi connectivity index (χ3v) is 4.20. The van der Waals surface area contributed by atoms with Gasteiger partial charge < -0.3 is 16.0 Å². The molecule has 2 aromatic carbocycles. The first kappa shape index (κ1) is 23.9. The summed E-state index contributed by atoms with van der Waals surface area (Å²) in [5.41, 5.74) is 4.44. The van der Waals surface area contributed by atoms with Gasteiger partial charge in [-0.3, -0.25) is 4.79 Å². The van der Waals surface area contributed by atoms with Crippen LogP contribution in [0.25, 0.3) is 0 Å². The lowest BCUT2D eigenvalue weighted by Gasteiger charge is -2.16. The maximum absolute atomic E-state index is 11.2. The van der Waals surface area contributed by atoms with Gasteiger partial charge in [0.2, 0.25) is 5.91 Å². The van der Waals surface area contributed by atoms with Gasteiger partial charge in [0.15, 0.2) is 5.96 Å². The van der Waals surface area contributed by atoms with Gasteiger partial charge >= 0.3 is 0 Å². The Labute approximate surface area is 185 Å². The first-order chi connectivity index (χ1) is 13.0. The maximum atomic E-state index is 11.2. The minimum atomic E-state index is -0.0733. The Morgan fingerprint density at radius 2 is 1.86 bits per heavy atom. The number of hydrogen-bond acceptors (Lipinski definition) is 2. The Bertz CT molecular complexity index is 792. The van der Waals surface area contributed by atoms with Gasteiger partial charge in [0.1, 0.15) is 0 Å². The van der Waals surface area contributed by atoms with Crippen LogP contribution in [0.2, 0.25) is 0 Å². The van der Waals surface area contributed by atoms with Crippen molar-refractivity contribution in [2.45, 2.75) is 40.2 Å². The van der Waals surface area contributed by atoms with E-state index in [0.717, 1.165) is 30.3 Å². The molecule has 0 saturated heterocycles. The van der Waals surface area contributed by atoms with Crippen molar-refractivity contribution in [2.75, 3.05) is 18.4 Å². The second-order valence-electron chi connectivity index (χ2n) is 6.77. The monoisotopic (exact) mass is 494 g/mol. The number of anilines is 1. The summed E-state index contributed by atoms with van der Waals surface area (Å²) in [4.78, 5) is 15.9. The molecule has 0 aromatic heterocycles. The normalized spacial score (nSPS) is 11.9. The van der Waals surface area contributed by atoms with E-state index in [-0.39, 0.29) is 29.9 Å². The minimum absolute atomic E-state index is 0. The van der Waals surface area contributed by atoms with Crippen LogP contribution in [-0.2, 0) is 11.3 Å². The smallest absolute Gasteiger partial charge is 0.221 e. The highest BCUT2D eigenvalue weighted by molar-refractivity contribution is 14.0. The van der Waals surface area contributed by atoms with Crippen molar-refractivity contribution in [3.8, 4) is 0 Å². The highest BCUT2D eigenvalue weighted by Crippen LogP contribution is 2.15. The van der Waals surface area contributed by atoms with Gasteiger partial charge in [0.05, 0.1) is 6.54 Å². The number of aryl methyl sites for hydroxylation is 1. The van der Waals surface area contributed by atoms with Crippen LogP contribution in [0.3, 0.4) is 0 Å². The molecule has 5 nitrogen and oxygen atoms in total. The fraction of sp³-hybridized carbons (Fsp3) is 0.364. The van der Waals surface area contributed by atoms with Crippen molar-refractivity contribution in [1.29, 1.82) is 0 Å². The molecule has 2 rings (SSSR count). The molecule has 0 heterocycles. The van der Waals surface area contributed by atoms with E-state index in [9.17, 15) is 4.79 Å². The van der Waals surface area contributed by atoms with Gasteiger partial charge in [-0.2, -0.15) is 0 Å². The fourth-order valence-electron chi connectivity index (χ4n) is 2.81. The van der Waals surface area contributed by atoms with E-state index in [4.69, 9.17) is 0 Å². The summed E-state index contributed by atoms with van der Waals surface area (Å²) >= 11 is 0. The van der Waals surface area contributed by atoms with Crippen LogP contribution in [0.15, 0.2) is 53.5 Å². The van der Waals surface area contributed by atoms with Gasteiger partial charge in [0, 0.05) is 25.7 Å². The molecule has 1 atom stereocenters. The highest BCUT2D eigenvalue weighted by atomic mass is 127. The summed E-state index contributed by atoms with van der Waals surface area (Å²) in [6, 6.07) is 16.4. The Morgan fingerprint density at radius 3 is 2.54 bits per heavy atom. The summed E-state index contributed by atoms with van der Waals surface area (Å²) in [6.07, 6.45) is 0. The lowest BCUT2D eigenvalue weighted by molar-refractivity contribution is -0.114. The zero-order chi connectivity index (χ0) is 19.6. The van der Waals surface area contributed by atoms with Crippen molar-refractivity contribution in [3.63, 3.8) is 0 Å². The summed E-state index contributed by atoms with van der Waals surface area (Å²) in [7, 11) is 0. The summed E-state index contributed by atoms with van der Waals surface area (Å²) in [5, 5.41) is 9.51. The van der Waals surface area contributed by atoms with E-state index < -0.39 is 0 Å². The van der Waals surface area contributed by atoms with Crippen molar-refractivity contribution < 1.29 is 4.79 Å². The quantitative estimate of drug-likeness (QED) is 0.303. The molecule has 2 aromatic rings. The molecule has 152 valence electrons. The number of carbonyl (C=O) groups is 1. The predicted molar refractivity (Wildman–Crippen MR) is 129 cm³/mol. The first-order valence-corrected chi connectivity index (χ1v) is 9.43. The lowest BCUT2D eigenvalue weighted by atomic mass is 9.99. The van der Waals surface area contributed by atoms with E-state index in [1.807, 2.05) is 24.3 Å². The van der Waals surface area contributed by atoms with Crippen LogP contribution in [0.1, 0.15) is 43.4 Å². The maximum Gasteiger partial charge on any atom is 0.221 e. The second-order valence-corrected chi connectivity index (χ2v) is 6.77. The Balaban J connectivity index is 0.00000392. The van der Waals surface area contributed by atoms with E-state index in [0.29, 0.717) is 12.5 Å². The number of carbonyl (C=O) groups excluding carboxylic acids is 1. The standard InChI is InChI=1S/C22H30N4O.HI/c1-5-23-22(24-14-17(3)20-10-6-8-16(2)12-20)25-15-19-9-7-11-21(13-19)26-18(4)27;/h6-13,17H,5,14-15H2,1-4H3,(H,26,27)(H2,23,24,25);1H. The molecule has 1 unspecified atom stereocenters. The van der Waals surface area contributed by atoms with Crippen LogP contribution in [0.5, 0.6) is 0 Å². The molecule has 0 saturated carbocycles. The van der Waals surface area contributed by atoms with Gasteiger partial charge in [-0.15, -0.1) is 24.0 Å². The zero-order valence-corrected chi connectivity index (χ0v) is 19.4. The van der Waals surface area contributed by atoms with Gasteiger partial charge in [-0.25, -0.2) is 4.99 Å². The lowest BCUT2D eigenvalue weighted by Crippen LogP contribution is -2.39. The zero-order valence-electron chi connectivity index (χ0n) is 17.1. The number of amides is 1. The first-order valence-electron chi connectivity index (χ1n) is 9.43. The van der Waals surface area contributed by atoms with Crippen molar-refractivity contribution >= 4 is 41.5 Å². The number of rotatable bonds is 7. The van der Waals surface area contributed by atoms with Crippen LogP contribution in [0, 0.1) is 6.92 Å². The van der Waals surface area contributed by atoms with Gasteiger partial charge in [0.25, 0.3) is 0 Å². The van der Waals surface area contributed by atoms with Crippen molar-refractivity contribution in [1.82, 2.24) is 10.6 Å². The number of guanidine groups is 1. The molecule has 0 radical (unpaired) electrons. The summed E-state index contributed by atoms with van der Waals surface area (Å²) < 4.78 is 0. The number of benzene rings is 2. The van der Waals surface area contributed by atoms with E-state index in [2.05, 4.69) is 66.0 Å². The number of hydrogen-bond donors (Lipinski definition) is 3. The Hall–Kier alpha value is -2.09. The highest BCUT2D eigenvalue weighted by Gasteiger charge is 2.07. The molecule has 6 heteroatoms. The third-order valence-electron chi connectivity index (χ3n) is 4.20. The number of aliphatic imine (C=N–C) groups is 1. The third kappa shape index (κ3) is 8.29. The Morgan fingerprint density at radius 1 is 1.11 bits per heavy atom. The SMILES string of the molecule is CCNC(=NCc1cccc(NC(C)=O)c1)NCC(C)c1cccc(C)c1.I.